The Kier molecular flexibility index (Phi) is 10.4. The van der Waals surface area contributed by atoms with Gasteiger partial charge in [-0.3, -0.25) is 28.8 Å². The van der Waals surface area contributed by atoms with Gasteiger partial charge in [0.05, 0.1) is 12.5 Å². The molecule has 246 valence electrons. The Bertz CT molecular complexity index is 1160. The van der Waals surface area contributed by atoms with Crippen molar-refractivity contribution in [1.29, 1.82) is 0 Å². The number of halogens is 1. The fourth-order valence-corrected chi connectivity index (χ4v) is 6.78. The van der Waals surface area contributed by atoms with E-state index < -0.39 is 115 Å². The molecule has 1 unspecified atom stereocenters. The topological polar surface area (TPSA) is 195 Å². The highest BCUT2D eigenvalue weighted by molar-refractivity contribution is 6.22. The van der Waals surface area contributed by atoms with Crippen molar-refractivity contribution in [3.8, 4) is 0 Å². The van der Waals surface area contributed by atoms with Gasteiger partial charge >= 0.3 is 35.8 Å². The predicted molar refractivity (Wildman–Crippen MR) is 139 cm³/mol. The van der Waals surface area contributed by atoms with Crippen LogP contribution in [0.4, 0.5) is 0 Å². The Morgan fingerprint density at radius 1 is 0.705 bits per heavy atom. The summed E-state index contributed by atoms with van der Waals surface area (Å²) in [6.45, 7) is 6.12. The first-order valence-electron chi connectivity index (χ1n) is 13.9. The van der Waals surface area contributed by atoms with E-state index in [-0.39, 0.29) is 13.0 Å². The highest BCUT2D eigenvalue weighted by Gasteiger charge is 2.71. The Morgan fingerprint density at radius 3 is 1.84 bits per heavy atom. The van der Waals surface area contributed by atoms with Gasteiger partial charge in [-0.15, -0.1) is 11.6 Å². The molecule has 5 rings (SSSR count). The maximum atomic E-state index is 12.3. The summed E-state index contributed by atoms with van der Waals surface area (Å²) >= 11 is 6.84. The normalized spacial score (nSPS) is 38.9. The second-order valence-electron chi connectivity index (χ2n) is 10.9. The van der Waals surface area contributed by atoms with Gasteiger partial charge in [0.1, 0.15) is 24.2 Å². The minimum absolute atomic E-state index is 0.202. The highest BCUT2D eigenvalue weighted by Crippen LogP contribution is 2.57. The van der Waals surface area contributed by atoms with E-state index >= 15 is 0 Å². The van der Waals surface area contributed by atoms with Crippen molar-refractivity contribution in [3.63, 3.8) is 0 Å². The van der Waals surface area contributed by atoms with Crippen LogP contribution in [0.2, 0.25) is 0 Å². The molecule has 4 bridgehead atoms. The van der Waals surface area contributed by atoms with Crippen molar-refractivity contribution in [2.45, 2.75) is 108 Å². The number of hydrogen-bond acceptors (Lipinski definition) is 16. The van der Waals surface area contributed by atoms with Crippen LogP contribution in [0.1, 0.15) is 48.0 Å². The first-order chi connectivity index (χ1) is 20.6. The molecule has 44 heavy (non-hydrogen) atoms. The lowest BCUT2D eigenvalue weighted by Crippen LogP contribution is -2.64. The summed E-state index contributed by atoms with van der Waals surface area (Å²) in [5.41, 5.74) is -1.59. The van der Waals surface area contributed by atoms with Gasteiger partial charge in [0.25, 0.3) is 0 Å². The zero-order valence-electron chi connectivity index (χ0n) is 24.9. The SMILES string of the molecule is CC(=O)OC[C@H]1O[C@@H](O[C@@H]2O[C@@H]3C[C@H]4[C@H](OC(C)=O)[C@@H](Cl)C(OC(C)=O)(CO3)[C@@H]24)[C@H](OC(C)=O)[C@@H](OC(C)=O)[C@@H]1OC(C)=O. The van der Waals surface area contributed by atoms with Crippen molar-refractivity contribution in [3.05, 3.63) is 0 Å². The molecule has 0 N–H and O–H groups in total. The second kappa shape index (κ2) is 13.5. The van der Waals surface area contributed by atoms with Crippen LogP contribution >= 0.6 is 11.6 Å². The van der Waals surface area contributed by atoms with Crippen LogP contribution in [0, 0.1) is 11.8 Å². The fourth-order valence-electron chi connectivity index (χ4n) is 6.28. The maximum Gasteiger partial charge on any atom is 0.303 e. The Labute approximate surface area is 257 Å². The fraction of sp³-hybridized carbons (Fsp3) is 0.778. The number of ether oxygens (including phenoxy) is 10. The van der Waals surface area contributed by atoms with E-state index in [1.54, 1.807) is 0 Å². The molecular formula is C27H35ClO16. The third-order valence-corrected chi connectivity index (χ3v) is 8.21. The average molecular weight is 651 g/mol. The number of fused-ring (bicyclic) bond motifs is 2. The lowest BCUT2D eigenvalue weighted by molar-refractivity contribution is -0.371. The van der Waals surface area contributed by atoms with Gasteiger partial charge in [-0.05, 0) is 0 Å². The zero-order valence-corrected chi connectivity index (χ0v) is 25.6. The minimum Gasteiger partial charge on any atom is -0.463 e. The molecule has 0 radical (unpaired) electrons. The molecule has 1 aliphatic carbocycles. The quantitative estimate of drug-likeness (QED) is 0.187. The van der Waals surface area contributed by atoms with E-state index in [2.05, 4.69) is 0 Å². The van der Waals surface area contributed by atoms with Crippen LogP contribution in [0.25, 0.3) is 0 Å². The standard InChI is InChI=1S/C27H35ClO16/c1-10(29)35-8-17-21(38-12(3)31)22(39-13(4)32)23(40-14(5)33)26(41-17)43-25-19-16-7-18(42-25)36-9-27(19,44-15(6)34)24(28)20(16)37-11(2)30/h16-26H,7-9H2,1-6H3/t16-,17-,18-,19-,20+,21-,22+,23-,24-,25+,26+,27?/m1/s1. The van der Waals surface area contributed by atoms with Crippen molar-refractivity contribution < 1.29 is 76.1 Å². The molecule has 5 aliphatic rings. The molecule has 0 aromatic carbocycles. The van der Waals surface area contributed by atoms with Crippen LogP contribution < -0.4 is 0 Å². The first kappa shape index (κ1) is 33.8. The van der Waals surface area contributed by atoms with E-state index in [1.165, 1.54) is 13.8 Å². The number of carbonyl (C=O) groups is 6. The summed E-state index contributed by atoms with van der Waals surface area (Å²) in [4.78, 5) is 72.4. The molecule has 5 fully saturated rings. The van der Waals surface area contributed by atoms with Gasteiger partial charge in [-0.2, -0.15) is 0 Å². The Balaban J connectivity index is 1.75. The van der Waals surface area contributed by atoms with Crippen molar-refractivity contribution in [2.75, 3.05) is 13.2 Å². The molecule has 17 heteroatoms. The maximum absolute atomic E-state index is 12.3. The monoisotopic (exact) mass is 650 g/mol. The number of carbonyl (C=O) groups excluding carboxylic acids is 6. The summed E-state index contributed by atoms with van der Waals surface area (Å²) < 4.78 is 57.0. The van der Waals surface area contributed by atoms with Gasteiger partial charge in [0, 0.05) is 53.9 Å². The Hall–Kier alpha value is -3.05. The summed E-state index contributed by atoms with van der Waals surface area (Å²) in [5.74, 6) is -5.93. The average Bonchev–Trinajstić information content (AvgIpc) is 3.01. The van der Waals surface area contributed by atoms with E-state index in [4.69, 9.17) is 59.0 Å². The molecule has 0 spiro atoms. The molecular weight excluding hydrogens is 616 g/mol. The molecule has 12 atom stereocenters. The number of alkyl halides is 1. The second-order valence-corrected chi connectivity index (χ2v) is 11.4. The van der Waals surface area contributed by atoms with Crippen LogP contribution in [0.5, 0.6) is 0 Å². The molecule has 16 nitrogen and oxygen atoms in total. The molecule has 0 aromatic heterocycles. The largest absolute Gasteiger partial charge is 0.463 e. The van der Waals surface area contributed by atoms with Crippen molar-refractivity contribution >= 4 is 47.4 Å². The predicted octanol–water partition coefficient (Wildman–Crippen LogP) is 0.276. The summed E-state index contributed by atoms with van der Waals surface area (Å²) in [6.07, 6.45) is -10.3. The van der Waals surface area contributed by atoms with Crippen molar-refractivity contribution in [1.82, 2.24) is 0 Å². The summed E-state index contributed by atoms with van der Waals surface area (Å²) in [7, 11) is 0. The Morgan fingerprint density at radius 2 is 1.27 bits per heavy atom. The van der Waals surface area contributed by atoms with Crippen molar-refractivity contribution in [2.24, 2.45) is 11.8 Å². The van der Waals surface area contributed by atoms with Crippen LogP contribution in [0.3, 0.4) is 0 Å². The van der Waals surface area contributed by atoms with Gasteiger partial charge in [0.2, 0.25) is 6.29 Å². The third-order valence-electron chi connectivity index (χ3n) is 7.59. The molecule has 0 amide bonds. The van der Waals surface area contributed by atoms with E-state index in [0.717, 1.165) is 27.7 Å². The number of rotatable bonds is 9. The number of hydrogen-bond donors (Lipinski definition) is 0. The smallest absolute Gasteiger partial charge is 0.303 e. The van der Waals surface area contributed by atoms with Crippen LogP contribution in [-0.4, -0.2) is 109 Å². The molecule has 4 saturated heterocycles. The van der Waals surface area contributed by atoms with E-state index in [1.807, 2.05) is 0 Å². The van der Waals surface area contributed by atoms with Gasteiger partial charge in [0.15, 0.2) is 36.5 Å². The lowest BCUT2D eigenvalue weighted by Gasteiger charge is -2.46. The summed E-state index contributed by atoms with van der Waals surface area (Å²) in [6, 6.07) is 0. The third kappa shape index (κ3) is 7.09. The highest BCUT2D eigenvalue weighted by atomic mass is 35.5. The van der Waals surface area contributed by atoms with Crippen LogP contribution in [0.15, 0.2) is 0 Å². The van der Waals surface area contributed by atoms with E-state index in [9.17, 15) is 28.8 Å². The van der Waals surface area contributed by atoms with Crippen LogP contribution in [-0.2, 0) is 76.1 Å². The molecule has 4 aliphatic heterocycles. The lowest BCUT2D eigenvalue weighted by atomic mass is 9.82. The molecule has 0 aromatic rings. The van der Waals surface area contributed by atoms with Gasteiger partial charge < -0.3 is 47.4 Å². The zero-order chi connectivity index (χ0) is 32.5. The molecule has 1 saturated carbocycles. The van der Waals surface area contributed by atoms with Gasteiger partial charge in [-0.1, -0.05) is 0 Å². The number of esters is 6. The van der Waals surface area contributed by atoms with E-state index in [0.29, 0.717) is 0 Å². The summed E-state index contributed by atoms with van der Waals surface area (Å²) in [5, 5.41) is -1.07. The molecule has 4 heterocycles. The first-order valence-corrected chi connectivity index (χ1v) is 14.3. The minimum atomic E-state index is -1.60. The van der Waals surface area contributed by atoms with Gasteiger partial charge in [-0.25, -0.2) is 0 Å².